The highest BCUT2D eigenvalue weighted by molar-refractivity contribution is 5.97. The van der Waals surface area contributed by atoms with Crippen molar-refractivity contribution in [2.75, 3.05) is 62.8 Å². The lowest BCUT2D eigenvalue weighted by Crippen LogP contribution is -2.46. The van der Waals surface area contributed by atoms with Crippen molar-refractivity contribution in [2.45, 2.75) is 39.0 Å². The van der Waals surface area contributed by atoms with Crippen LogP contribution in [0.15, 0.2) is 42.5 Å². The minimum atomic E-state index is -0.365. The zero-order valence-electron chi connectivity index (χ0n) is 22.1. The molecular formula is C29H37N3O6. The van der Waals surface area contributed by atoms with E-state index in [1.54, 1.807) is 19.1 Å². The minimum absolute atomic E-state index is 0.0230. The highest BCUT2D eigenvalue weighted by Crippen LogP contribution is 2.29. The van der Waals surface area contributed by atoms with Gasteiger partial charge < -0.3 is 24.4 Å². The van der Waals surface area contributed by atoms with E-state index in [4.69, 9.17) is 14.2 Å². The Bertz CT molecular complexity index is 1110. The number of carbonyl (C=O) groups excluding carboxylic acids is 3. The van der Waals surface area contributed by atoms with E-state index >= 15 is 0 Å². The van der Waals surface area contributed by atoms with Gasteiger partial charge in [-0.15, -0.1) is 0 Å². The summed E-state index contributed by atoms with van der Waals surface area (Å²) in [4.78, 5) is 40.3. The van der Waals surface area contributed by atoms with Crippen LogP contribution < -0.4 is 15.0 Å². The number of benzene rings is 2. The minimum Gasteiger partial charge on any atom is -0.491 e. The Morgan fingerprint density at radius 3 is 2.58 bits per heavy atom. The van der Waals surface area contributed by atoms with E-state index in [0.717, 1.165) is 56.1 Å². The monoisotopic (exact) mass is 523 g/mol. The molecule has 2 aromatic carbocycles. The molecule has 2 aromatic rings. The van der Waals surface area contributed by atoms with Crippen LogP contribution in [-0.2, 0) is 25.5 Å². The molecule has 0 radical (unpaired) electrons. The molecule has 38 heavy (non-hydrogen) atoms. The fraction of sp³-hybridized carbons (Fsp3) is 0.483. The van der Waals surface area contributed by atoms with Crippen LogP contribution in [0.5, 0.6) is 5.75 Å². The van der Waals surface area contributed by atoms with Gasteiger partial charge in [-0.05, 0) is 56.0 Å². The number of anilines is 2. The maximum absolute atomic E-state index is 12.5. The number of nitrogens with zero attached hydrogens (tertiary/aromatic N) is 2. The van der Waals surface area contributed by atoms with E-state index in [0.29, 0.717) is 56.8 Å². The maximum atomic E-state index is 12.5. The number of piperazine rings is 1. The normalized spacial score (nSPS) is 15.4. The number of para-hydroxylation sites is 2. The first-order valence-corrected chi connectivity index (χ1v) is 13.5. The van der Waals surface area contributed by atoms with E-state index in [2.05, 4.69) is 21.2 Å². The van der Waals surface area contributed by atoms with Gasteiger partial charge in [-0.1, -0.05) is 18.2 Å². The summed E-state index contributed by atoms with van der Waals surface area (Å²) in [5, 5.41) is 2.82. The molecular weight excluding hydrogens is 486 g/mol. The third-order valence-corrected chi connectivity index (χ3v) is 6.76. The Morgan fingerprint density at radius 2 is 1.76 bits per heavy atom. The summed E-state index contributed by atoms with van der Waals surface area (Å²) < 4.78 is 16.4. The van der Waals surface area contributed by atoms with Crippen molar-refractivity contribution in [3.8, 4) is 5.75 Å². The number of rotatable bonds is 12. The number of hydrogen-bond acceptors (Lipinski definition) is 8. The molecule has 0 aromatic heterocycles. The van der Waals surface area contributed by atoms with Crippen LogP contribution in [0.1, 0.15) is 48.5 Å². The van der Waals surface area contributed by atoms with Crippen molar-refractivity contribution < 1.29 is 28.6 Å². The Balaban J connectivity index is 1.16. The number of aryl methyl sites for hydroxylation is 1. The van der Waals surface area contributed by atoms with Crippen LogP contribution in [0.4, 0.5) is 11.4 Å². The van der Waals surface area contributed by atoms with Gasteiger partial charge in [0.2, 0.25) is 5.91 Å². The largest absolute Gasteiger partial charge is 0.491 e. The Labute approximate surface area is 224 Å². The fourth-order valence-electron chi connectivity index (χ4n) is 4.72. The summed E-state index contributed by atoms with van der Waals surface area (Å²) in [5.41, 5.74) is 3.28. The molecule has 0 unspecified atom stereocenters. The second-order valence-corrected chi connectivity index (χ2v) is 9.46. The molecule has 1 fully saturated rings. The molecule has 204 valence electrons. The van der Waals surface area contributed by atoms with Crippen LogP contribution in [0.25, 0.3) is 0 Å². The first-order chi connectivity index (χ1) is 18.5. The van der Waals surface area contributed by atoms with Gasteiger partial charge in [-0.2, -0.15) is 0 Å². The first-order valence-electron chi connectivity index (χ1n) is 13.5. The molecule has 1 amide bonds. The SMILES string of the molecule is CCOC(=O)CCCOc1ccccc1N1CCN(CCCOC(=O)c2ccc3c(c2)NC(=O)CC3)CC1. The van der Waals surface area contributed by atoms with E-state index in [9.17, 15) is 14.4 Å². The molecule has 0 saturated carbocycles. The van der Waals surface area contributed by atoms with Gasteiger partial charge in [0.15, 0.2) is 0 Å². The van der Waals surface area contributed by atoms with E-state index in [-0.39, 0.29) is 17.8 Å². The van der Waals surface area contributed by atoms with Crippen LogP contribution in [0.3, 0.4) is 0 Å². The lowest BCUT2D eigenvalue weighted by molar-refractivity contribution is -0.143. The van der Waals surface area contributed by atoms with Gasteiger partial charge in [0.05, 0.1) is 31.1 Å². The van der Waals surface area contributed by atoms with Crippen molar-refractivity contribution >= 4 is 29.2 Å². The van der Waals surface area contributed by atoms with Crippen LogP contribution in [-0.4, -0.2) is 75.3 Å². The van der Waals surface area contributed by atoms with Crippen LogP contribution in [0, 0.1) is 0 Å². The zero-order chi connectivity index (χ0) is 26.7. The highest BCUT2D eigenvalue weighted by Gasteiger charge is 2.20. The van der Waals surface area contributed by atoms with E-state index < -0.39 is 0 Å². The summed E-state index contributed by atoms with van der Waals surface area (Å²) in [6, 6.07) is 13.4. The molecule has 9 heteroatoms. The summed E-state index contributed by atoms with van der Waals surface area (Å²) >= 11 is 0. The summed E-state index contributed by atoms with van der Waals surface area (Å²) in [6.45, 7) is 7.46. The standard InChI is InChI=1S/C29H37N3O6/c1-2-36-28(34)9-5-19-37-26-8-4-3-7-25(26)32-17-15-31(16-18-32)14-6-20-38-29(35)23-11-10-22-12-13-27(33)30-24(22)21-23/h3-4,7-8,10-11,21H,2,5-6,9,12-20H2,1H3,(H,30,33). The average Bonchev–Trinajstić information content (AvgIpc) is 2.93. The van der Waals surface area contributed by atoms with E-state index in [1.165, 1.54) is 0 Å². The number of ether oxygens (including phenoxy) is 3. The molecule has 2 aliphatic rings. The fourth-order valence-corrected chi connectivity index (χ4v) is 4.72. The summed E-state index contributed by atoms with van der Waals surface area (Å²) in [7, 11) is 0. The number of amides is 1. The van der Waals surface area contributed by atoms with Crippen molar-refractivity contribution in [1.82, 2.24) is 4.90 Å². The van der Waals surface area contributed by atoms with Crippen molar-refractivity contribution in [3.63, 3.8) is 0 Å². The molecule has 0 atom stereocenters. The molecule has 2 aliphatic heterocycles. The van der Waals surface area contributed by atoms with Gasteiger partial charge in [0, 0.05) is 51.3 Å². The average molecular weight is 524 g/mol. The third-order valence-electron chi connectivity index (χ3n) is 6.76. The Hall–Kier alpha value is -3.59. The molecule has 1 saturated heterocycles. The second-order valence-electron chi connectivity index (χ2n) is 9.46. The van der Waals surface area contributed by atoms with Crippen LogP contribution in [0.2, 0.25) is 0 Å². The zero-order valence-corrected chi connectivity index (χ0v) is 22.1. The third kappa shape index (κ3) is 7.71. The number of esters is 2. The van der Waals surface area contributed by atoms with Crippen molar-refractivity contribution in [3.05, 3.63) is 53.6 Å². The number of carbonyl (C=O) groups is 3. The lowest BCUT2D eigenvalue weighted by atomic mass is 10.0. The van der Waals surface area contributed by atoms with Gasteiger partial charge in [0.25, 0.3) is 0 Å². The molecule has 2 heterocycles. The summed E-state index contributed by atoms with van der Waals surface area (Å²) in [6.07, 6.45) is 2.90. The van der Waals surface area contributed by atoms with Gasteiger partial charge >= 0.3 is 11.9 Å². The molecule has 4 rings (SSSR count). The number of hydrogen-bond donors (Lipinski definition) is 1. The topological polar surface area (TPSA) is 97.4 Å². The Morgan fingerprint density at radius 1 is 0.947 bits per heavy atom. The smallest absolute Gasteiger partial charge is 0.338 e. The molecule has 0 bridgehead atoms. The molecule has 0 aliphatic carbocycles. The van der Waals surface area contributed by atoms with Crippen molar-refractivity contribution in [1.29, 1.82) is 0 Å². The van der Waals surface area contributed by atoms with Crippen molar-refractivity contribution in [2.24, 2.45) is 0 Å². The highest BCUT2D eigenvalue weighted by atomic mass is 16.5. The predicted octanol–water partition coefficient (Wildman–Crippen LogP) is 3.66. The molecule has 0 spiro atoms. The molecule has 1 N–H and O–H groups in total. The van der Waals surface area contributed by atoms with Crippen LogP contribution >= 0.6 is 0 Å². The van der Waals surface area contributed by atoms with E-state index in [1.807, 2.05) is 24.3 Å². The van der Waals surface area contributed by atoms with Gasteiger partial charge in [0.1, 0.15) is 5.75 Å². The lowest BCUT2D eigenvalue weighted by Gasteiger charge is -2.36. The Kier molecular flexibility index (Phi) is 9.97. The number of nitrogens with one attached hydrogen (secondary N) is 1. The summed E-state index contributed by atoms with van der Waals surface area (Å²) in [5.74, 6) is 0.254. The molecule has 9 nitrogen and oxygen atoms in total. The second kappa shape index (κ2) is 13.8. The number of fused-ring (bicyclic) bond motifs is 1. The maximum Gasteiger partial charge on any atom is 0.338 e. The quantitative estimate of drug-likeness (QED) is 0.333. The first kappa shape index (κ1) is 27.4. The van der Waals surface area contributed by atoms with Gasteiger partial charge in [-0.3, -0.25) is 14.5 Å². The predicted molar refractivity (Wildman–Crippen MR) is 145 cm³/mol. The van der Waals surface area contributed by atoms with Gasteiger partial charge in [-0.25, -0.2) is 4.79 Å².